The van der Waals surface area contributed by atoms with Gasteiger partial charge in [0.15, 0.2) is 0 Å². The van der Waals surface area contributed by atoms with Gasteiger partial charge in [-0.25, -0.2) is 4.98 Å². The van der Waals surface area contributed by atoms with Gasteiger partial charge in [-0.3, -0.25) is 10.1 Å². The van der Waals surface area contributed by atoms with Crippen LogP contribution >= 0.6 is 0 Å². The SMILES string of the molecule is N=CC(=C(N)c1cccnc1)c1nc2ccc3[nH]ncc3c2c2c1CCCC2. The zero-order valence-corrected chi connectivity index (χ0v) is 15.4. The number of fused-ring (bicyclic) bond motifs is 5. The normalized spacial score (nSPS) is 14.7. The molecular weight excluding hydrogens is 348 g/mol. The molecule has 0 atom stereocenters. The highest BCUT2D eigenvalue weighted by Crippen LogP contribution is 2.37. The van der Waals surface area contributed by atoms with Gasteiger partial charge < -0.3 is 11.1 Å². The number of pyridine rings is 2. The van der Waals surface area contributed by atoms with E-state index >= 15 is 0 Å². The zero-order chi connectivity index (χ0) is 19.1. The van der Waals surface area contributed by atoms with Crippen molar-refractivity contribution in [2.24, 2.45) is 5.73 Å². The van der Waals surface area contributed by atoms with Crippen LogP contribution < -0.4 is 5.73 Å². The fourth-order valence-electron chi connectivity index (χ4n) is 4.22. The molecule has 3 aromatic heterocycles. The Bertz CT molecular complexity index is 1240. The molecule has 5 rings (SSSR count). The molecule has 6 nitrogen and oxygen atoms in total. The zero-order valence-electron chi connectivity index (χ0n) is 15.4. The fraction of sp³-hybridized carbons (Fsp3) is 0.182. The van der Waals surface area contributed by atoms with Crippen molar-refractivity contribution in [1.29, 1.82) is 5.41 Å². The Kier molecular flexibility index (Phi) is 3.90. The lowest BCUT2D eigenvalue weighted by Gasteiger charge is -2.22. The summed E-state index contributed by atoms with van der Waals surface area (Å²) in [6, 6.07) is 7.79. The molecule has 0 bridgehead atoms. The Morgan fingerprint density at radius 3 is 2.75 bits per heavy atom. The third kappa shape index (κ3) is 2.49. The number of aromatic amines is 1. The second-order valence-corrected chi connectivity index (χ2v) is 7.13. The molecule has 4 aromatic rings. The number of nitrogens with two attached hydrogens (primary N) is 1. The van der Waals surface area contributed by atoms with Crippen molar-refractivity contribution in [2.45, 2.75) is 25.7 Å². The summed E-state index contributed by atoms with van der Waals surface area (Å²) in [5.74, 6) is 0. The van der Waals surface area contributed by atoms with Crippen molar-refractivity contribution >= 4 is 39.3 Å². The summed E-state index contributed by atoms with van der Waals surface area (Å²) in [6.45, 7) is 0. The van der Waals surface area contributed by atoms with E-state index in [1.165, 1.54) is 22.7 Å². The van der Waals surface area contributed by atoms with E-state index in [9.17, 15) is 0 Å². The lowest BCUT2D eigenvalue weighted by atomic mass is 9.85. The van der Waals surface area contributed by atoms with Crippen molar-refractivity contribution in [3.63, 3.8) is 0 Å². The Morgan fingerprint density at radius 2 is 1.96 bits per heavy atom. The molecule has 4 N–H and O–H groups in total. The van der Waals surface area contributed by atoms with Gasteiger partial charge in [-0.15, -0.1) is 0 Å². The first-order valence-electron chi connectivity index (χ1n) is 9.46. The maximum Gasteiger partial charge on any atom is 0.0780 e. The van der Waals surface area contributed by atoms with Crippen LogP contribution in [0.4, 0.5) is 0 Å². The minimum Gasteiger partial charge on any atom is -0.398 e. The molecule has 0 radical (unpaired) electrons. The van der Waals surface area contributed by atoms with Crippen LogP contribution in [0.5, 0.6) is 0 Å². The van der Waals surface area contributed by atoms with Gasteiger partial charge in [-0.2, -0.15) is 5.10 Å². The van der Waals surface area contributed by atoms with Crippen LogP contribution in [0.25, 0.3) is 33.1 Å². The highest BCUT2D eigenvalue weighted by atomic mass is 15.1. The van der Waals surface area contributed by atoms with Crippen molar-refractivity contribution in [1.82, 2.24) is 20.2 Å². The number of aromatic nitrogens is 4. The summed E-state index contributed by atoms with van der Waals surface area (Å²) in [6.07, 6.45) is 10.9. The number of allylic oxidation sites excluding steroid dienone is 1. The van der Waals surface area contributed by atoms with E-state index in [2.05, 4.69) is 15.2 Å². The van der Waals surface area contributed by atoms with E-state index in [-0.39, 0.29) is 0 Å². The van der Waals surface area contributed by atoms with Crippen LogP contribution in [0.15, 0.2) is 42.9 Å². The van der Waals surface area contributed by atoms with Crippen LogP contribution in [0.1, 0.15) is 35.2 Å². The molecule has 3 heterocycles. The van der Waals surface area contributed by atoms with Gasteiger partial charge in [0, 0.05) is 40.5 Å². The molecule has 0 unspecified atom stereocenters. The number of hydrogen-bond donors (Lipinski definition) is 3. The van der Waals surface area contributed by atoms with Crippen LogP contribution in [-0.2, 0) is 12.8 Å². The number of benzene rings is 1. The molecule has 28 heavy (non-hydrogen) atoms. The minimum absolute atomic E-state index is 0.534. The molecule has 0 saturated heterocycles. The van der Waals surface area contributed by atoms with E-state index in [0.717, 1.165) is 53.4 Å². The molecule has 6 heteroatoms. The van der Waals surface area contributed by atoms with E-state index in [1.54, 1.807) is 12.4 Å². The smallest absolute Gasteiger partial charge is 0.0780 e. The van der Waals surface area contributed by atoms with Gasteiger partial charge in [0.1, 0.15) is 0 Å². The van der Waals surface area contributed by atoms with Crippen molar-refractivity contribution in [2.75, 3.05) is 0 Å². The Balaban J connectivity index is 1.85. The quantitative estimate of drug-likeness (QED) is 0.478. The molecule has 0 saturated carbocycles. The second-order valence-electron chi connectivity index (χ2n) is 7.13. The molecule has 1 aromatic carbocycles. The van der Waals surface area contributed by atoms with Gasteiger partial charge in [-0.1, -0.05) is 0 Å². The molecule has 1 aliphatic rings. The predicted molar refractivity (Wildman–Crippen MR) is 112 cm³/mol. The first-order chi connectivity index (χ1) is 13.8. The minimum atomic E-state index is 0.534. The molecule has 1 aliphatic carbocycles. The summed E-state index contributed by atoms with van der Waals surface area (Å²) in [5, 5.41) is 17.6. The average Bonchev–Trinajstić information content (AvgIpc) is 3.23. The summed E-state index contributed by atoms with van der Waals surface area (Å²) < 4.78 is 0. The molecule has 0 amide bonds. The first kappa shape index (κ1) is 16.6. The molecule has 0 fully saturated rings. The predicted octanol–water partition coefficient (Wildman–Crippen LogP) is 3.86. The van der Waals surface area contributed by atoms with E-state index in [1.807, 2.05) is 30.5 Å². The third-order valence-electron chi connectivity index (χ3n) is 5.55. The van der Waals surface area contributed by atoms with Gasteiger partial charge in [0.05, 0.1) is 28.6 Å². The lowest BCUT2D eigenvalue weighted by Crippen LogP contribution is -2.12. The van der Waals surface area contributed by atoms with Crippen molar-refractivity contribution < 1.29 is 0 Å². The van der Waals surface area contributed by atoms with Crippen LogP contribution in [0.3, 0.4) is 0 Å². The molecule has 138 valence electrons. The standard InChI is InChI=1S/C22H20N6/c23-10-16(21(24)13-4-3-9-25-11-13)22-15-6-2-1-5-14(15)20-17-12-26-28-18(17)7-8-19(20)27-22/h3-4,7-12,23H,1-2,5-6,24H2,(H,26,28). The third-order valence-corrected chi connectivity index (χ3v) is 5.55. The Hall–Kier alpha value is -3.54. The topological polar surface area (TPSA) is 104 Å². The fourth-order valence-corrected chi connectivity index (χ4v) is 4.22. The summed E-state index contributed by atoms with van der Waals surface area (Å²) in [7, 11) is 0. The van der Waals surface area contributed by atoms with E-state index < -0.39 is 0 Å². The molecular formula is C22H20N6. The summed E-state index contributed by atoms with van der Waals surface area (Å²) in [4.78, 5) is 9.15. The molecule has 0 aliphatic heterocycles. The number of H-pyrrole nitrogens is 1. The summed E-state index contributed by atoms with van der Waals surface area (Å²) >= 11 is 0. The average molecular weight is 368 g/mol. The van der Waals surface area contributed by atoms with Crippen LogP contribution in [0.2, 0.25) is 0 Å². The Labute approximate surface area is 162 Å². The van der Waals surface area contributed by atoms with Gasteiger partial charge in [-0.05, 0) is 61.1 Å². The van der Waals surface area contributed by atoms with Crippen LogP contribution in [0, 0.1) is 5.41 Å². The highest BCUT2D eigenvalue weighted by molar-refractivity contribution is 6.18. The monoisotopic (exact) mass is 368 g/mol. The van der Waals surface area contributed by atoms with Gasteiger partial charge in [0.2, 0.25) is 0 Å². The van der Waals surface area contributed by atoms with Crippen molar-refractivity contribution in [3.8, 4) is 0 Å². The van der Waals surface area contributed by atoms with Gasteiger partial charge >= 0.3 is 0 Å². The summed E-state index contributed by atoms with van der Waals surface area (Å²) in [5.41, 5.74) is 13.7. The maximum atomic E-state index is 8.07. The molecule has 0 spiro atoms. The number of nitrogens with one attached hydrogen (secondary N) is 2. The first-order valence-corrected chi connectivity index (χ1v) is 9.46. The highest BCUT2D eigenvalue weighted by Gasteiger charge is 2.23. The lowest BCUT2D eigenvalue weighted by molar-refractivity contribution is 0.686. The largest absolute Gasteiger partial charge is 0.398 e. The van der Waals surface area contributed by atoms with Gasteiger partial charge in [0.25, 0.3) is 0 Å². The number of hydrogen-bond acceptors (Lipinski definition) is 5. The van der Waals surface area contributed by atoms with E-state index in [4.69, 9.17) is 16.1 Å². The van der Waals surface area contributed by atoms with E-state index in [0.29, 0.717) is 11.3 Å². The number of aryl methyl sites for hydroxylation is 1. The second kappa shape index (κ2) is 6.56. The Morgan fingerprint density at radius 1 is 1.11 bits per heavy atom. The number of rotatable bonds is 3. The van der Waals surface area contributed by atoms with Crippen molar-refractivity contribution in [3.05, 3.63) is 65.2 Å². The number of nitrogens with zero attached hydrogens (tertiary/aromatic N) is 3. The maximum absolute atomic E-state index is 8.07. The van der Waals surface area contributed by atoms with Crippen LogP contribution in [-0.4, -0.2) is 26.4 Å².